The van der Waals surface area contributed by atoms with Gasteiger partial charge in [0.25, 0.3) is 0 Å². The largest absolute Gasteiger partial charge is 0.489 e. The summed E-state index contributed by atoms with van der Waals surface area (Å²) in [6, 6.07) is 15.6. The lowest BCUT2D eigenvalue weighted by Crippen LogP contribution is -2.36. The fraction of sp³-hybridized carbons (Fsp3) is 0.310. The lowest BCUT2D eigenvalue weighted by atomic mass is 9.96. The third kappa shape index (κ3) is 8.75. The molecule has 0 spiro atoms. The van der Waals surface area contributed by atoms with Crippen molar-refractivity contribution in [2.75, 3.05) is 6.61 Å². The predicted octanol–water partition coefficient (Wildman–Crippen LogP) is 6.14. The number of carboxylic acids is 1. The van der Waals surface area contributed by atoms with Crippen molar-refractivity contribution in [2.24, 2.45) is 0 Å². The summed E-state index contributed by atoms with van der Waals surface area (Å²) in [5.41, 5.74) is 0.135. The van der Waals surface area contributed by atoms with Crippen LogP contribution in [0.5, 0.6) is 5.75 Å². The Labute approximate surface area is 224 Å². The number of carbonyl (C=O) groups is 2. The minimum atomic E-state index is -4.63. The Bertz CT molecular complexity index is 1320. The molecule has 3 aromatic carbocycles. The number of rotatable bonds is 9. The van der Waals surface area contributed by atoms with Gasteiger partial charge in [0.1, 0.15) is 18.0 Å². The lowest BCUT2D eigenvalue weighted by molar-refractivity contribution is -0.138. The summed E-state index contributed by atoms with van der Waals surface area (Å²) in [5.74, 6) is -0.797. The predicted molar refractivity (Wildman–Crippen MR) is 138 cm³/mol. The van der Waals surface area contributed by atoms with Gasteiger partial charge < -0.3 is 25.0 Å². The zero-order valence-corrected chi connectivity index (χ0v) is 21.7. The van der Waals surface area contributed by atoms with Crippen LogP contribution in [0.15, 0.2) is 66.7 Å². The monoisotopic (exact) mass is 545 g/mol. The number of aliphatic hydroxyl groups is 1. The van der Waals surface area contributed by atoms with Crippen molar-refractivity contribution in [2.45, 2.75) is 51.6 Å². The van der Waals surface area contributed by atoms with Crippen molar-refractivity contribution < 1.29 is 42.4 Å². The maximum atomic E-state index is 13.8. The average molecular weight is 546 g/mol. The highest BCUT2D eigenvalue weighted by atomic mass is 19.4. The molecule has 0 saturated heterocycles. The number of halogens is 3. The number of nitrogens with one attached hydrogen (secondary N) is 1. The number of hydrogen-bond donors (Lipinski definition) is 3. The molecule has 0 radical (unpaired) electrons. The number of hydrogen-bond acceptors (Lipinski definition) is 5. The minimum absolute atomic E-state index is 0.223. The van der Waals surface area contributed by atoms with Crippen LogP contribution in [0.1, 0.15) is 49.1 Å². The van der Waals surface area contributed by atoms with E-state index in [0.717, 1.165) is 12.1 Å². The highest BCUT2D eigenvalue weighted by Gasteiger charge is 2.31. The van der Waals surface area contributed by atoms with Gasteiger partial charge in [0.05, 0.1) is 24.6 Å². The Balaban J connectivity index is 1.92. The number of carboxylic acid groups (broad SMARTS) is 1. The first kappa shape index (κ1) is 29.5. The highest BCUT2D eigenvalue weighted by Crippen LogP contribution is 2.34. The summed E-state index contributed by atoms with van der Waals surface area (Å²) < 4.78 is 52.3. The Kier molecular flexibility index (Phi) is 9.24. The summed E-state index contributed by atoms with van der Waals surface area (Å²) in [6.07, 6.45) is -5.66. The third-order valence-electron chi connectivity index (χ3n) is 5.52. The Morgan fingerprint density at radius 3 is 2.31 bits per heavy atom. The molecular formula is C29H30F3NO6. The molecule has 0 aliphatic rings. The molecule has 0 saturated carbocycles. The summed E-state index contributed by atoms with van der Waals surface area (Å²) in [6.45, 7) is 4.40. The van der Waals surface area contributed by atoms with Crippen LogP contribution in [0.4, 0.5) is 18.0 Å². The molecule has 0 aromatic heterocycles. The minimum Gasteiger partial charge on any atom is -0.489 e. The van der Waals surface area contributed by atoms with Gasteiger partial charge in [-0.1, -0.05) is 36.4 Å². The Morgan fingerprint density at radius 1 is 0.949 bits per heavy atom. The molecule has 0 heterocycles. The van der Waals surface area contributed by atoms with E-state index in [-0.39, 0.29) is 29.9 Å². The van der Waals surface area contributed by atoms with E-state index in [1.165, 1.54) is 0 Å². The average Bonchev–Trinajstić information content (AvgIpc) is 2.85. The van der Waals surface area contributed by atoms with Crippen molar-refractivity contribution >= 4 is 12.1 Å². The van der Waals surface area contributed by atoms with Crippen LogP contribution in [0.2, 0.25) is 0 Å². The van der Waals surface area contributed by atoms with Crippen LogP contribution in [0, 0.1) is 0 Å². The summed E-state index contributed by atoms with van der Waals surface area (Å²) in [7, 11) is 0. The smallest absolute Gasteiger partial charge is 0.416 e. The number of para-hydroxylation sites is 1. The van der Waals surface area contributed by atoms with Crippen LogP contribution in [-0.4, -0.2) is 34.5 Å². The van der Waals surface area contributed by atoms with E-state index < -0.39 is 42.1 Å². The maximum Gasteiger partial charge on any atom is 0.416 e. The quantitative estimate of drug-likeness (QED) is 0.299. The maximum absolute atomic E-state index is 13.8. The second-order valence-corrected chi connectivity index (χ2v) is 9.89. The first-order chi connectivity index (χ1) is 18.2. The van der Waals surface area contributed by atoms with Gasteiger partial charge in [-0.2, -0.15) is 13.2 Å². The number of aliphatic carboxylic acids is 1. The number of ether oxygens (including phenoxy) is 2. The molecule has 1 atom stereocenters. The van der Waals surface area contributed by atoms with E-state index in [1.54, 1.807) is 75.4 Å². The Hall–Kier alpha value is -4.05. The van der Waals surface area contributed by atoms with E-state index in [9.17, 15) is 27.9 Å². The van der Waals surface area contributed by atoms with Gasteiger partial charge in [-0.05, 0) is 73.4 Å². The molecule has 0 bridgehead atoms. The van der Waals surface area contributed by atoms with E-state index >= 15 is 0 Å². The molecule has 0 fully saturated rings. The zero-order valence-electron chi connectivity index (χ0n) is 21.7. The molecule has 208 valence electrons. The van der Waals surface area contributed by atoms with E-state index in [2.05, 4.69) is 5.32 Å². The fourth-order valence-electron chi connectivity index (χ4n) is 3.84. The van der Waals surface area contributed by atoms with Crippen molar-refractivity contribution in [3.63, 3.8) is 0 Å². The van der Waals surface area contributed by atoms with Gasteiger partial charge in [-0.25, -0.2) is 4.79 Å². The van der Waals surface area contributed by atoms with Gasteiger partial charge in [0.15, 0.2) is 0 Å². The number of alkyl halides is 3. The second kappa shape index (κ2) is 12.2. The SMILES string of the molecule is CC(C)(C)OC(=O)NC(CO)c1cccc(-c2cc(COc3ccccc3CC(=O)O)cc(C(F)(F)F)c2)c1. The molecule has 3 N–H and O–H groups in total. The molecule has 1 amide bonds. The highest BCUT2D eigenvalue weighted by molar-refractivity contribution is 5.71. The van der Waals surface area contributed by atoms with E-state index in [0.29, 0.717) is 16.7 Å². The molecule has 0 aliphatic heterocycles. The van der Waals surface area contributed by atoms with Crippen LogP contribution >= 0.6 is 0 Å². The summed E-state index contributed by atoms with van der Waals surface area (Å²) in [4.78, 5) is 23.4. The number of alkyl carbamates (subject to hydrolysis) is 1. The molecule has 3 rings (SSSR count). The molecular weight excluding hydrogens is 515 g/mol. The molecule has 10 heteroatoms. The van der Waals surface area contributed by atoms with Crippen molar-refractivity contribution in [3.05, 3.63) is 89.0 Å². The van der Waals surface area contributed by atoms with Gasteiger partial charge in [-0.15, -0.1) is 0 Å². The van der Waals surface area contributed by atoms with Gasteiger partial charge in [0, 0.05) is 5.56 Å². The van der Waals surface area contributed by atoms with Crippen molar-refractivity contribution in [1.29, 1.82) is 0 Å². The van der Waals surface area contributed by atoms with Crippen molar-refractivity contribution in [3.8, 4) is 16.9 Å². The molecule has 1 unspecified atom stereocenters. The summed E-state index contributed by atoms with van der Waals surface area (Å²) in [5, 5.41) is 21.6. The number of benzene rings is 3. The van der Waals surface area contributed by atoms with Crippen LogP contribution in [0.25, 0.3) is 11.1 Å². The van der Waals surface area contributed by atoms with Crippen LogP contribution in [-0.2, 0) is 28.7 Å². The second-order valence-electron chi connectivity index (χ2n) is 9.89. The lowest BCUT2D eigenvalue weighted by Gasteiger charge is -2.23. The fourth-order valence-corrected chi connectivity index (χ4v) is 3.84. The van der Waals surface area contributed by atoms with Crippen LogP contribution in [0.3, 0.4) is 0 Å². The van der Waals surface area contributed by atoms with Crippen molar-refractivity contribution in [1.82, 2.24) is 5.32 Å². The first-order valence-corrected chi connectivity index (χ1v) is 12.1. The molecule has 39 heavy (non-hydrogen) atoms. The zero-order chi connectivity index (χ0) is 28.8. The van der Waals surface area contributed by atoms with Gasteiger partial charge >= 0.3 is 18.2 Å². The number of aliphatic hydroxyl groups excluding tert-OH is 1. The normalized spacial score (nSPS) is 12.5. The first-order valence-electron chi connectivity index (χ1n) is 12.1. The molecule has 7 nitrogen and oxygen atoms in total. The summed E-state index contributed by atoms with van der Waals surface area (Å²) >= 11 is 0. The van der Waals surface area contributed by atoms with Crippen LogP contribution < -0.4 is 10.1 Å². The number of carbonyl (C=O) groups excluding carboxylic acids is 1. The molecule has 0 aliphatic carbocycles. The molecule has 3 aromatic rings. The van der Waals surface area contributed by atoms with E-state index in [1.807, 2.05) is 0 Å². The number of amides is 1. The van der Waals surface area contributed by atoms with Gasteiger partial charge in [-0.3, -0.25) is 4.79 Å². The van der Waals surface area contributed by atoms with Gasteiger partial charge in [0.2, 0.25) is 0 Å². The van der Waals surface area contributed by atoms with E-state index in [4.69, 9.17) is 14.6 Å². The standard InChI is InChI=1S/C29H30F3NO6/c1-28(2,3)39-27(37)33-24(16-34)20-9-6-8-19(13-20)22-11-18(12-23(14-22)29(30,31)32)17-38-25-10-5-4-7-21(25)15-26(35)36/h4-14,24,34H,15-17H2,1-3H3,(H,33,37)(H,35,36). The Morgan fingerprint density at radius 2 is 1.67 bits per heavy atom. The third-order valence-corrected chi connectivity index (χ3v) is 5.52. The topological polar surface area (TPSA) is 105 Å².